The average Bonchev–Trinajstić information content (AvgIpc) is 3.58. The molecule has 9 heteroatoms. The van der Waals surface area contributed by atoms with E-state index in [1.165, 1.54) is 18.4 Å². The Hall–Kier alpha value is -2.46. The van der Waals surface area contributed by atoms with Gasteiger partial charge in [-0.15, -0.1) is 0 Å². The number of hydrogen-bond donors (Lipinski definition) is 3. The Bertz CT molecular complexity index is 958. The van der Waals surface area contributed by atoms with E-state index in [-0.39, 0.29) is 12.6 Å². The molecule has 9 nitrogen and oxygen atoms in total. The lowest BCUT2D eigenvalue weighted by Crippen LogP contribution is -2.38. The van der Waals surface area contributed by atoms with Crippen molar-refractivity contribution in [2.24, 2.45) is 0 Å². The van der Waals surface area contributed by atoms with Crippen LogP contribution >= 0.6 is 0 Å². The fraction of sp³-hybridized carbons (Fsp3) is 0.600. The van der Waals surface area contributed by atoms with Crippen molar-refractivity contribution in [3.05, 3.63) is 29.8 Å². The third-order valence-corrected chi connectivity index (χ3v) is 6.47. The number of anilines is 2. The Labute approximate surface area is 200 Å². The summed E-state index contributed by atoms with van der Waals surface area (Å²) in [5.74, 6) is 3.82. The number of rotatable bonds is 10. The van der Waals surface area contributed by atoms with Gasteiger partial charge in [-0.25, -0.2) is 9.97 Å². The second-order valence-electron chi connectivity index (χ2n) is 9.26. The Morgan fingerprint density at radius 3 is 2.74 bits per heavy atom. The molecule has 0 radical (unpaired) electrons. The molecule has 2 aromatic rings. The van der Waals surface area contributed by atoms with E-state index in [2.05, 4.69) is 15.5 Å². The van der Waals surface area contributed by atoms with Crippen LogP contribution in [0.2, 0.25) is 0 Å². The van der Waals surface area contributed by atoms with Crippen molar-refractivity contribution in [1.29, 1.82) is 0 Å². The van der Waals surface area contributed by atoms with E-state index in [0.29, 0.717) is 43.9 Å². The smallest absolute Gasteiger partial charge is 0.164 e. The molecule has 5 rings (SSSR count). The summed E-state index contributed by atoms with van der Waals surface area (Å²) in [6.45, 7) is 5.26. The minimum absolute atomic E-state index is 0.222. The SMILES string of the molecule is CNCC(O)COc1cccc(-c2nc(NC3CCOC3)c(C3CC3)c(N3CCOCC3)n2)c1. The van der Waals surface area contributed by atoms with Crippen molar-refractivity contribution in [2.75, 3.05) is 69.9 Å². The van der Waals surface area contributed by atoms with E-state index < -0.39 is 6.10 Å². The topological polar surface area (TPSA) is 101 Å². The highest BCUT2D eigenvalue weighted by molar-refractivity contribution is 5.69. The predicted octanol–water partition coefficient (Wildman–Crippen LogP) is 2.02. The van der Waals surface area contributed by atoms with E-state index in [0.717, 1.165) is 43.3 Å². The Morgan fingerprint density at radius 2 is 2.00 bits per heavy atom. The zero-order chi connectivity index (χ0) is 23.3. The maximum absolute atomic E-state index is 9.99. The molecule has 1 aromatic carbocycles. The standard InChI is InChI=1S/C25H35N5O4/c1-26-14-20(31)16-34-21-4-2-3-18(13-21)23-28-24(27-19-7-10-33-15-19)22(17-5-6-17)25(29-23)30-8-11-32-12-9-30/h2-4,13,17,19-20,26,31H,5-12,14-16H2,1H3,(H,27,28,29). The van der Waals surface area contributed by atoms with Crippen LogP contribution in [-0.2, 0) is 9.47 Å². The first-order valence-corrected chi connectivity index (χ1v) is 12.4. The lowest BCUT2D eigenvalue weighted by molar-refractivity contribution is 0.108. The van der Waals surface area contributed by atoms with Gasteiger partial charge >= 0.3 is 0 Å². The van der Waals surface area contributed by atoms with Crippen LogP contribution in [0.15, 0.2) is 24.3 Å². The van der Waals surface area contributed by atoms with Gasteiger partial charge in [0, 0.05) is 37.4 Å². The third kappa shape index (κ3) is 5.60. The highest BCUT2D eigenvalue weighted by Crippen LogP contribution is 2.48. The lowest BCUT2D eigenvalue weighted by atomic mass is 10.1. The van der Waals surface area contributed by atoms with Gasteiger partial charge in [0.1, 0.15) is 30.1 Å². The number of aliphatic hydroxyl groups excluding tert-OH is 1. The number of hydrogen-bond acceptors (Lipinski definition) is 9. The molecule has 2 saturated heterocycles. The number of nitrogens with one attached hydrogen (secondary N) is 2. The van der Waals surface area contributed by atoms with Gasteiger partial charge in [0.05, 0.1) is 25.9 Å². The van der Waals surface area contributed by atoms with Crippen molar-refractivity contribution in [3.8, 4) is 17.1 Å². The van der Waals surface area contributed by atoms with Gasteiger partial charge < -0.3 is 34.9 Å². The van der Waals surface area contributed by atoms with Crippen molar-refractivity contribution >= 4 is 11.6 Å². The largest absolute Gasteiger partial charge is 0.491 e. The van der Waals surface area contributed by atoms with Gasteiger partial charge in [0.15, 0.2) is 5.82 Å². The average molecular weight is 470 g/mol. The molecule has 3 N–H and O–H groups in total. The molecular formula is C25H35N5O4. The van der Waals surface area contributed by atoms with Crippen LogP contribution in [-0.4, -0.2) is 86.9 Å². The minimum Gasteiger partial charge on any atom is -0.491 e. The van der Waals surface area contributed by atoms with Crippen LogP contribution in [0.1, 0.15) is 30.7 Å². The summed E-state index contributed by atoms with van der Waals surface area (Å²) < 4.78 is 17.1. The molecule has 0 spiro atoms. The molecule has 1 saturated carbocycles. The summed E-state index contributed by atoms with van der Waals surface area (Å²) in [6, 6.07) is 8.06. The molecule has 0 amide bonds. The van der Waals surface area contributed by atoms with Crippen molar-refractivity contribution < 1.29 is 19.3 Å². The third-order valence-electron chi connectivity index (χ3n) is 6.47. The van der Waals surface area contributed by atoms with Gasteiger partial charge in [0.25, 0.3) is 0 Å². The number of ether oxygens (including phenoxy) is 3. The zero-order valence-corrected chi connectivity index (χ0v) is 19.8. The molecule has 3 heterocycles. The number of aromatic nitrogens is 2. The zero-order valence-electron chi connectivity index (χ0n) is 19.8. The van der Waals surface area contributed by atoms with E-state index in [9.17, 15) is 5.11 Å². The molecule has 3 aliphatic rings. The van der Waals surface area contributed by atoms with Crippen LogP contribution in [0.3, 0.4) is 0 Å². The van der Waals surface area contributed by atoms with E-state index in [1.807, 2.05) is 31.3 Å². The number of aliphatic hydroxyl groups is 1. The highest BCUT2D eigenvalue weighted by atomic mass is 16.5. The highest BCUT2D eigenvalue weighted by Gasteiger charge is 2.34. The molecule has 2 atom stereocenters. The predicted molar refractivity (Wildman–Crippen MR) is 131 cm³/mol. The van der Waals surface area contributed by atoms with Crippen LogP contribution in [0, 0.1) is 0 Å². The van der Waals surface area contributed by atoms with Crippen LogP contribution < -0.4 is 20.3 Å². The maximum Gasteiger partial charge on any atom is 0.164 e. The summed E-state index contributed by atoms with van der Waals surface area (Å²) in [4.78, 5) is 12.5. The summed E-state index contributed by atoms with van der Waals surface area (Å²) in [7, 11) is 1.81. The molecule has 3 fully saturated rings. The lowest BCUT2D eigenvalue weighted by Gasteiger charge is -2.31. The monoisotopic (exact) mass is 469 g/mol. The molecular weight excluding hydrogens is 434 g/mol. The second-order valence-corrected chi connectivity index (χ2v) is 9.26. The number of nitrogens with zero attached hydrogens (tertiary/aromatic N) is 3. The summed E-state index contributed by atoms with van der Waals surface area (Å²) >= 11 is 0. The van der Waals surface area contributed by atoms with E-state index >= 15 is 0 Å². The van der Waals surface area contributed by atoms with Crippen molar-refractivity contribution in [3.63, 3.8) is 0 Å². The number of likely N-dealkylation sites (N-methyl/N-ethyl adjacent to an activating group) is 1. The Morgan fingerprint density at radius 1 is 1.15 bits per heavy atom. The molecule has 1 aliphatic carbocycles. The molecule has 34 heavy (non-hydrogen) atoms. The molecule has 184 valence electrons. The van der Waals surface area contributed by atoms with Crippen LogP contribution in [0.25, 0.3) is 11.4 Å². The van der Waals surface area contributed by atoms with Crippen molar-refractivity contribution in [2.45, 2.75) is 37.3 Å². The van der Waals surface area contributed by atoms with Gasteiger partial charge in [-0.2, -0.15) is 0 Å². The van der Waals surface area contributed by atoms with Crippen molar-refractivity contribution in [1.82, 2.24) is 15.3 Å². The van der Waals surface area contributed by atoms with Gasteiger partial charge in [-0.3, -0.25) is 0 Å². The first-order chi connectivity index (χ1) is 16.7. The van der Waals surface area contributed by atoms with Crippen LogP contribution in [0.4, 0.5) is 11.6 Å². The van der Waals surface area contributed by atoms with E-state index in [4.69, 9.17) is 24.2 Å². The number of morpholine rings is 1. The fourth-order valence-electron chi connectivity index (χ4n) is 4.51. The molecule has 2 unspecified atom stereocenters. The minimum atomic E-state index is -0.569. The van der Waals surface area contributed by atoms with Crippen LogP contribution in [0.5, 0.6) is 5.75 Å². The normalized spacial score (nSPS) is 21.5. The first-order valence-electron chi connectivity index (χ1n) is 12.4. The van der Waals surface area contributed by atoms with Gasteiger partial charge in [0.2, 0.25) is 0 Å². The number of benzene rings is 1. The maximum atomic E-state index is 9.99. The fourth-order valence-corrected chi connectivity index (χ4v) is 4.51. The Balaban J connectivity index is 1.48. The quantitative estimate of drug-likeness (QED) is 0.482. The van der Waals surface area contributed by atoms with Gasteiger partial charge in [-0.1, -0.05) is 12.1 Å². The molecule has 2 aliphatic heterocycles. The first kappa shape index (κ1) is 23.3. The Kier molecular flexibility index (Phi) is 7.44. The summed E-state index contributed by atoms with van der Waals surface area (Å²) in [6.07, 6.45) is 2.76. The summed E-state index contributed by atoms with van der Waals surface area (Å²) in [5, 5.41) is 16.6. The molecule has 1 aromatic heterocycles. The van der Waals surface area contributed by atoms with Gasteiger partial charge in [-0.05, 0) is 44.4 Å². The second kappa shape index (κ2) is 10.9. The summed E-state index contributed by atoms with van der Waals surface area (Å²) in [5.41, 5.74) is 2.13. The van der Waals surface area contributed by atoms with E-state index in [1.54, 1.807) is 0 Å². The molecule has 0 bridgehead atoms.